The fraction of sp³-hybridized carbons (Fsp3) is 0.400. The first-order valence-corrected chi connectivity index (χ1v) is 6.73. The summed E-state index contributed by atoms with van der Waals surface area (Å²) in [6, 6.07) is 4.28. The van der Waals surface area contributed by atoms with Gasteiger partial charge < -0.3 is 5.73 Å². The van der Waals surface area contributed by atoms with Crippen LogP contribution < -0.4 is 10.5 Å². The summed E-state index contributed by atoms with van der Waals surface area (Å²) >= 11 is 0. The molecule has 1 rings (SSSR count). The lowest BCUT2D eigenvalue weighted by Gasteiger charge is -2.08. The highest BCUT2D eigenvalue weighted by Crippen LogP contribution is 2.28. The van der Waals surface area contributed by atoms with Gasteiger partial charge in [-0.1, -0.05) is 12.1 Å². The third kappa shape index (κ3) is 4.63. The number of nitrogens with two attached hydrogens (primary N) is 1. The molecule has 0 heterocycles. The van der Waals surface area contributed by atoms with Crippen LogP contribution in [0.2, 0.25) is 0 Å². The molecule has 0 amide bonds. The number of sulfonamides is 1. The Balaban J connectivity index is 2.65. The van der Waals surface area contributed by atoms with Crippen LogP contribution in [-0.2, 0) is 22.7 Å². The van der Waals surface area contributed by atoms with E-state index in [0.717, 1.165) is 12.1 Å². The highest BCUT2D eigenvalue weighted by Gasteiger charge is 2.29. The van der Waals surface area contributed by atoms with Gasteiger partial charge in [0.2, 0.25) is 10.0 Å². The predicted molar refractivity (Wildman–Crippen MR) is 61.1 cm³/mol. The molecule has 1 aromatic carbocycles. The van der Waals surface area contributed by atoms with Gasteiger partial charge in [0.15, 0.2) is 0 Å². The number of benzene rings is 1. The molecule has 0 aliphatic heterocycles. The smallest absolute Gasteiger partial charge is 0.329 e. The molecule has 0 saturated carbocycles. The zero-order chi connectivity index (χ0) is 13.8. The molecule has 18 heavy (non-hydrogen) atoms. The molecule has 1 aromatic rings. The van der Waals surface area contributed by atoms with Gasteiger partial charge in [0.25, 0.3) is 0 Å². The molecule has 102 valence electrons. The highest BCUT2D eigenvalue weighted by atomic mass is 32.2. The van der Waals surface area contributed by atoms with Crippen molar-refractivity contribution in [3.63, 3.8) is 0 Å². The van der Waals surface area contributed by atoms with Gasteiger partial charge in [0.05, 0.1) is 11.3 Å². The van der Waals surface area contributed by atoms with E-state index in [1.165, 1.54) is 12.1 Å². The topological polar surface area (TPSA) is 72.2 Å². The summed E-state index contributed by atoms with van der Waals surface area (Å²) < 4.78 is 61.6. The van der Waals surface area contributed by atoms with Crippen molar-refractivity contribution in [1.82, 2.24) is 4.72 Å². The van der Waals surface area contributed by atoms with Crippen molar-refractivity contribution in [3.05, 3.63) is 35.4 Å². The number of alkyl halides is 3. The molecule has 0 unspecified atom stereocenters. The standard InChI is InChI=1S/C10H13F3N2O2S/c11-10(12,13)9-3-1-8(2-4-9)7-15-18(16,17)6-5-14/h1-4,15H,5-7,14H2. The van der Waals surface area contributed by atoms with Crippen molar-refractivity contribution in [2.45, 2.75) is 12.7 Å². The molecule has 0 spiro atoms. The van der Waals surface area contributed by atoms with Crippen LogP contribution in [0.15, 0.2) is 24.3 Å². The van der Waals surface area contributed by atoms with Crippen molar-refractivity contribution < 1.29 is 21.6 Å². The third-order valence-corrected chi connectivity index (χ3v) is 3.52. The fourth-order valence-corrected chi connectivity index (χ4v) is 2.07. The molecular formula is C10H13F3N2O2S. The van der Waals surface area contributed by atoms with Gasteiger partial charge in [-0.3, -0.25) is 0 Å². The van der Waals surface area contributed by atoms with Crippen LogP contribution in [0.5, 0.6) is 0 Å². The summed E-state index contributed by atoms with van der Waals surface area (Å²) in [6.45, 7) is -0.0667. The number of hydrogen-bond donors (Lipinski definition) is 2. The molecule has 4 nitrogen and oxygen atoms in total. The largest absolute Gasteiger partial charge is 0.416 e. The van der Waals surface area contributed by atoms with Crippen LogP contribution in [-0.4, -0.2) is 20.7 Å². The highest BCUT2D eigenvalue weighted by molar-refractivity contribution is 7.89. The van der Waals surface area contributed by atoms with Crippen LogP contribution in [0.4, 0.5) is 13.2 Å². The zero-order valence-corrected chi connectivity index (χ0v) is 10.2. The number of nitrogens with one attached hydrogen (secondary N) is 1. The first-order chi connectivity index (χ1) is 8.24. The average Bonchev–Trinajstić information content (AvgIpc) is 2.26. The van der Waals surface area contributed by atoms with Crippen LogP contribution >= 0.6 is 0 Å². The second-order valence-corrected chi connectivity index (χ2v) is 5.55. The minimum Gasteiger partial charge on any atom is -0.329 e. The van der Waals surface area contributed by atoms with Crippen molar-refractivity contribution in [2.75, 3.05) is 12.3 Å². The fourth-order valence-electron chi connectivity index (χ4n) is 1.23. The monoisotopic (exact) mass is 282 g/mol. The molecule has 0 bridgehead atoms. The van der Waals surface area contributed by atoms with Crippen LogP contribution in [0.25, 0.3) is 0 Å². The minimum absolute atomic E-state index is 0.0116. The molecule has 0 fully saturated rings. The molecule has 0 aromatic heterocycles. The Labute approximate surface area is 103 Å². The Morgan fingerprint density at radius 3 is 2.17 bits per heavy atom. The Hall–Kier alpha value is -1.12. The van der Waals surface area contributed by atoms with Gasteiger partial charge in [-0.15, -0.1) is 0 Å². The lowest BCUT2D eigenvalue weighted by atomic mass is 10.1. The van der Waals surface area contributed by atoms with Gasteiger partial charge in [0.1, 0.15) is 0 Å². The number of halogens is 3. The number of hydrogen-bond acceptors (Lipinski definition) is 3. The van der Waals surface area contributed by atoms with Crippen molar-refractivity contribution in [2.24, 2.45) is 5.73 Å². The van der Waals surface area contributed by atoms with Crippen molar-refractivity contribution >= 4 is 10.0 Å². The van der Waals surface area contributed by atoms with Gasteiger partial charge >= 0.3 is 6.18 Å². The second-order valence-electron chi connectivity index (χ2n) is 3.62. The van der Waals surface area contributed by atoms with E-state index in [1.807, 2.05) is 0 Å². The molecule has 0 saturated heterocycles. The summed E-state index contributed by atoms with van der Waals surface area (Å²) in [5.41, 5.74) is 4.79. The van der Waals surface area contributed by atoms with Gasteiger partial charge in [-0.2, -0.15) is 13.2 Å². The van der Waals surface area contributed by atoms with Crippen LogP contribution in [0.3, 0.4) is 0 Å². The van der Waals surface area contributed by atoms with Crippen molar-refractivity contribution in [1.29, 1.82) is 0 Å². The van der Waals surface area contributed by atoms with E-state index in [1.54, 1.807) is 0 Å². The van der Waals surface area contributed by atoms with Crippen LogP contribution in [0, 0.1) is 0 Å². The second kappa shape index (κ2) is 5.68. The lowest BCUT2D eigenvalue weighted by Crippen LogP contribution is -2.29. The molecule has 8 heteroatoms. The minimum atomic E-state index is -4.39. The first kappa shape index (κ1) is 14.9. The molecule has 0 aliphatic carbocycles. The van der Waals surface area contributed by atoms with E-state index < -0.39 is 21.8 Å². The average molecular weight is 282 g/mol. The van der Waals surface area contributed by atoms with E-state index in [2.05, 4.69) is 4.72 Å². The summed E-state index contributed by atoms with van der Waals surface area (Å²) in [4.78, 5) is 0. The van der Waals surface area contributed by atoms with E-state index in [-0.39, 0.29) is 18.8 Å². The maximum Gasteiger partial charge on any atom is 0.416 e. The van der Waals surface area contributed by atoms with Crippen LogP contribution in [0.1, 0.15) is 11.1 Å². The predicted octanol–water partition coefficient (Wildman–Crippen LogP) is 1.08. The van der Waals surface area contributed by atoms with Gasteiger partial charge in [-0.25, -0.2) is 13.1 Å². The normalized spacial score (nSPS) is 12.7. The molecule has 3 N–H and O–H groups in total. The summed E-state index contributed by atoms with van der Waals surface area (Å²) in [6.07, 6.45) is -4.39. The molecule has 0 radical (unpaired) electrons. The van der Waals surface area contributed by atoms with Gasteiger partial charge in [0, 0.05) is 13.1 Å². The quantitative estimate of drug-likeness (QED) is 0.849. The van der Waals surface area contributed by atoms with E-state index in [4.69, 9.17) is 5.73 Å². The third-order valence-electron chi connectivity index (χ3n) is 2.16. The molecule has 0 aliphatic rings. The maximum atomic E-state index is 12.3. The SMILES string of the molecule is NCCS(=O)(=O)NCc1ccc(C(F)(F)F)cc1. The first-order valence-electron chi connectivity index (χ1n) is 5.08. The lowest BCUT2D eigenvalue weighted by molar-refractivity contribution is -0.137. The molecule has 0 atom stereocenters. The van der Waals surface area contributed by atoms with Crippen molar-refractivity contribution in [3.8, 4) is 0 Å². The van der Waals surface area contributed by atoms with E-state index in [0.29, 0.717) is 5.56 Å². The Morgan fingerprint density at radius 1 is 1.17 bits per heavy atom. The molecular weight excluding hydrogens is 269 g/mol. The number of rotatable bonds is 5. The van der Waals surface area contributed by atoms with E-state index in [9.17, 15) is 21.6 Å². The Bertz CT molecular complexity index is 483. The zero-order valence-electron chi connectivity index (χ0n) is 9.37. The Morgan fingerprint density at radius 2 is 1.72 bits per heavy atom. The van der Waals surface area contributed by atoms with E-state index >= 15 is 0 Å². The summed E-state index contributed by atoms with van der Waals surface area (Å²) in [5.74, 6) is -0.215. The Kier molecular flexibility index (Phi) is 4.71. The maximum absolute atomic E-state index is 12.3. The summed E-state index contributed by atoms with van der Waals surface area (Å²) in [5, 5.41) is 0. The summed E-state index contributed by atoms with van der Waals surface area (Å²) in [7, 11) is -3.47. The van der Waals surface area contributed by atoms with Gasteiger partial charge in [-0.05, 0) is 17.7 Å².